The first kappa shape index (κ1) is 16.2. The zero-order chi connectivity index (χ0) is 15.3. The van der Waals surface area contributed by atoms with E-state index in [0.717, 1.165) is 17.8 Å². The van der Waals surface area contributed by atoms with Crippen LogP contribution in [0.25, 0.3) is 0 Å². The molecule has 0 saturated carbocycles. The molecule has 2 N–H and O–H groups in total. The Hall–Kier alpha value is -1.21. The third-order valence-electron chi connectivity index (χ3n) is 3.30. The van der Waals surface area contributed by atoms with Crippen LogP contribution >= 0.6 is 11.3 Å². The Bertz CT molecular complexity index is 665. The number of thiophene rings is 1. The molecule has 0 amide bonds. The van der Waals surface area contributed by atoms with Gasteiger partial charge in [-0.15, -0.1) is 11.3 Å². The fourth-order valence-corrected chi connectivity index (χ4v) is 4.32. The van der Waals surface area contributed by atoms with Gasteiger partial charge in [-0.3, -0.25) is 0 Å². The summed E-state index contributed by atoms with van der Waals surface area (Å²) in [4.78, 5) is 0.646. The second-order valence-corrected chi connectivity index (χ2v) is 8.04. The van der Waals surface area contributed by atoms with E-state index in [2.05, 4.69) is 11.6 Å². The number of hydrogen-bond acceptors (Lipinski definition) is 4. The van der Waals surface area contributed by atoms with Crippen molar-refractivity contribution in [3.8, 4) is 0 Å². The van der Waals surface area contributed by atoms with E-state index >= 15 is 0 Å². The van der Waals surface area contributed by atoms with Crippen LogP contribution in [0.1, 0.15) is 29.7 Å². The monoisotopic (exact) mass is 325 g/mol. The van der Waals surface area contributed by atoms with Crippen molar-refractivity contribution >= 4 is 21.4 Å². The second kappa shape index (κ2) is 7.17. The number of nitrogens with one attached hydrogen (secondary N) is 1. The van der Waals surface area contributed by atoms with Crippen molar-refractivity contribution in [1.82, 2.24) is 4.72 Å². The van der Waals surface area contributed by atoms with Crippen molar-refractivity contribution in [3.05, 3.63) is 52.9 Å². The Morgan fingerprint density at radius 2 is 1.90 bits per heavy atom. The fourth-order valence-electron chi connectivity index (χ4n) is 2.02. The molecule has 0 fully saturated rings. The molecule has 0 aliphatic heterocycles. The fraction of sp³-hybridized carbons (Fsp3) is 0.333. The molecular formula is C15H19NO3S2. The van der Waals surface area contributed by atoms with Crippen LogP contribution in [0.15, 0.2) is 46.7 Å². The quantitative estimate of drug-likeness (QED) is 0.822. The maximum atomic E-state index is 12.1. The summed E-state index contributed by atoms with van der Waals surface area (Å²) in [6.07, 6.45) is 0.738. The molecular weight excluding hydrogens is 306 g/mol. The zero-order valence-electron chi connectivity index (χ0n) is 11.8. The van der Waals surface area contributed by atoms with Crippen molar-refractivity contribution in [3.63, 3.8) is 0 Å². The summed E-state index contributed by atoms with van der Waals surface area (Å²) in [5.74, 6) is 0.297. The van der Waals surface area contributed by atoms with Gasteiger partial charge in [0.25, 0.3) is 0 Å². The highest BCUT2D eigenvalue weighted by molar-refractivity contribution is 7.91. The van der Waals surface area contributed by atoms with Crippen molar-refractivity contribution in [2.75, 3.05) is 6.54 Å². The largest absolute Gasteiger partial charge is 0.391 e. The van der Waals surface area contributed by atoms with Crippen LogP contribution in [-0.4, -0.2) is 20.1 Å². The van der Waals surface area contributed by atoms with Gasteiger partial charge in [-0.2, -0.15) is 0 Å². The van der Waals surface area contributed by atoms with Crippen LogP contribution in [0.2, 0.25) is 0 Å². The summed E-state index contributed by atoms with van der Waals surface area (Å²) < 4.78 is 27.1. The van der Waals surface area contributed by atoms with Gasteiger partial charge >= 0.3 is 0 Å². The number of aliphatic hydroxyl groups is 1. The van der Waals surface area contributed by atoms with Gasteiger partial charge in [0.15, 0.2) is 0 Å². The molecule has 114 valence electrons. The first-order chi connectivity index (χ1) is 10.0. The lowest BCUT2D eigenvalue weighted by molar-refractivity contribution is 0.285. The van der Waals surface area contributed by atoms with Gasteiger partial charge in [-0.05, 0) is 30.0 Å². The molecule has 0 spiro atoms. The van der Waals surface area contributed by atoms with E-state index in [9.17, 15) is 8.42 Å². The molecule has 1 aromatic heterocycles. The van der Waals surface area contributed by atoms with Crippen LogP contribution in [0.4, 0.5) is 0 Å². The van der Waals surface area contributed by atoms with Gasteiger partial charge in [-0.25, -0.2) is 13.1 Å². The average Bonchev–Trinajstić information content (AvgIpc) is 2.98. The Morgan fingerprint density at radius 3 is 2.52 bits per heavy atom. The first-order valence-electron chi connectivity index (χ1n) is 6.77. The van der Waals surface area contributed by atoms with Gasteiger partial charge in [0.05, 0.1) is 6.61 Å². The highest BCUT2D eigenvalue weighted by atomic mass is 32.2. The summed E-state index contributed by atoms with van der Waals surface area (Å²) in [7, 11) is -3.47. The Kier molecular flexibility index (Phi) is 5.52. The number of rotatable bonds is 7. The van der Waals surface area contributed by atoms with E-state index in [1.807, 2.05) is 30.3 Å². The smallest absolute Gasteiger partial charge is 0.250 e. The standard InChI is InChI=1S/C15H19NO3S2/c1-12(13-5-3-2-4-6-13)9-10-16-21(18,19)15-8-7-14(11-17)20-15/h2-8,12,16-17H,9-11H2,1H3. The van der Waals surface area contributed by atoms with Crippen LogP contribution in [0, 0.1) is 0 Å². The van der Waals surface area contributed by atoms with Crippen molar-refractivity contribution in [2.24, 2.45) is 0 Å². The molecule has 2 aromatic rings. The van der Waals surface area contributed by atoms with Crippen molar-refractivity contribution in [2.45, 2.75) is 30.1 Å². The summed E-state index contributed by atoms with van der Waals surface area (Å²) in [5, 5.41) is 8.99. The van der Waals surface area contributed by atoms with Gasteiger partial charge in [-0.1, -0.05) is 37.3 Å². The van der Waals surface area contributed by atoms with Gasteiger partial charge in [0.1, 0.15) is 4.21 Å². The zero-order valence-corrected chi connectivity index (χ0v) is 13.5. The first-order valence-corrected chi connectivity index (χ1v) is 9.07. The Labute approximate surface area is 129 Å². The highest BCUT2D eigenvalue weighted by Gasteiger charge is 2.16. The molecule has 1 atom stereocenters. The van der Waals surface area contributed by atoms with Crippen molar-refractivity contribution < 1.29 is 13.5 Å². The predicted molar refractivity (Wildman–Crippen MR) is 84.9 cm³/mol. The SMILES string of the molecule is CC(CCNS(=O)(=O)c1ccc(CO)s1)c1ccccc1. The minimum atomic E-state index is -3.47. The van der Waals surface area contributed by atoms with Crippen molar-refractivity contribution in [1.29, 1.82) is 0 Å². The number of benzene rings is 1. The molecule has 0 saturated heterocycles. The van der Waals surface area contributed by atoms with Crippen LogP contribution in [0.3, 0.4) is 0 Å². The lowest BCUT2D eigenvalue weighted by atomic mass is 9.98. The molecule has 0 radical (unpaired) electrons. The summed E-state index contributed by atoms with van der Waals surface area (Å²) >= 11 is 1.09. The summed E-state index contributed by atoms with van der Waals surface area (Å²) in [5.41, 5.74) is 1.20. The molecule has 1 aromatic carbocycles. The second-order valence-electron chi connectivity index (χ2n) is 4.88. The van der Waals surface area contributed by atoms with Crippen LogP contribution in [0.5, 0.6) is 0 Å². The molecule has 4 nitrogen and oxygen atoms in total. The molecule has 2 rings (SSSR count). The van der Waals surface area contributed by atoms with E-state index in [0.29, 0.717) is 17.3 Å². The van der Waals surface area contributed by atoms with Crippen LogP contribution < -0.4 is 4.72 Å². The molecule has 0 aliphatic carbocycles. The Morgan fingerprint density at radius 1 is 1.19 bits per heavy atom. The van der Waals surface area contributed by atoms with E-state index in [1.165, 1.54) is 11.6 Å². The molecule has 6 heteroatoms. The molecule has 1 heterocycles. The maximum Gasteiger partial charge on any atom is 0.250 e. The molecule has 1 unspecified atom stereocenters. The minimum absolute atomic E-state index is 0.134. The van der Waals surface area contributed by atoms with E-state index < -0.39 is 10.0 Å². The molecule has 0 bridgehead atoms. The summed E-state index contributed by atoms with van der Waals surface area (Å²) in [6, 6.07) is 13.2. The van der Waals surface area contributed by atoms with E-state index in [-0.39, 0.29) is 10.8 Å². The average molecular weight is 325 g/mol. The van der Waals surface area contributed by atoms with E-state index in [4.69, 9.17) is 5.11 Å². The molecule has 0 aliphatic rings. The van der Waals surface area contributed by atoms with Crippen LogP contribution in [-0.2, 0) is 16.6 Å². The lowest BCUT2D eigenvalue weighted by Crippen LogP contribution is -2.24. The highest BCUT2D eigenvalue weighted by Crippen LogP contribution is 2.22. The predicted octanol–water partition coefficient (Wildman–Crippen LogP) is 2.71. The topological polar surface area (TPSA) is 66.4 Å². The lowest BCUT2D eigenvalue weighted by Gasteiger charge is -2.12. The summed E-state index contributed by atoms with van der Waals surface area (Å²) in [6.45, 7) is 2.34. The number of hydrogen-bond donors (Lipinski definition) is 2. The van der Waals surface area contributed by atoms with Gasteiger partial charge in [0, 0.05) is 11.4 Å². The van der Waals surface area contributed by atoms with Gasteiger partial charge in [0.2, 0.25) is 10.0 Å². The maximum absolute atomic E-state index is 12.1. The number of sulfonamides is 1. The Balaban J connectivity index is 1.90. The normalized spacial score (nSPS) is 13.2. The number of aliphatic hydroxyl groups excluding tert-OH is 1. The van der Waals surface area contributed by atoms with Gasteiger partial charge < -0.3 is 5.11 Å². The third kappa shape index (κ3) is 4.38. The third-order valence-corrected chi connectivity index (χ3v) is 6.32. The minimum Gasteiger partial charge on any atom is -0.391 e. The molecule has 21 heavy (non-hydrogen) atoms. The van der Waals surface area contributed by atoms with E-state index in [1.54, 1.807) is 6.07 Å².